The number of nitrogens with zero attached hydrogens (tertiary/aromatic N) is 5. The van der Waals surface area contributed by atoms with Gasteiger partial charge in [0.25, 0.3) is 5.91 Å². The van der Waals surface area contributed by atoms with Crippen molar-refractivity contribution in [2.45, 2.75) is 64.3 Å². The summed E-state index contributed by atoms with van der Waals surface area (Å²) in [7, 11) is 0. The molecule has 0 unspecified atom stereocenters. The van der Waals surface area contributed by atoms with Gasteiger partial charge in [-0.05, 0) is 58.3 Å². The third-order valence-corrected chi connectivity index (χ3v) is 6.85. The number of hydrogen-bond acceptors (Lipinski definition) is 8. The Morgan fingerprint density at radius 3 is 2.45 bits per heavy atom. The van der Waals surface area contributed by atoms with E-state index in [1.807, 2.05) is 0 Å². The second kappa shape index (κ2) is 11.4. The fourth-order valence-electron chi connectivity index (χ4n) is 4.62. The summed E-state index contributed by atoms with van der Waals surface area (Å²) < 4.78 is 39.5. The molecule has 1 aliphatic carbocycles. The van der Waals surface area contributed by atoms with E-state index in [1.165, 1.54) is 0 Å². The van der Waals surface area contributed by atoms with Crippen molar-refractivity contribution in [3.05, 3.63) is 47.6 Å². The van der Waals surface area contributed by atoms with Gasteiger partial charge < -0.3 is 19.5 Å². The molecule has 2 fully saturated rings. The molecule has 9 nitrogen and oxygen atoms in total. The van der Waals surface area contributed by atoms with Gasteiger partial charge in [-0.3, -0.25) is 4.79 Å². The summed E-state index contributed by atoms with van der Waals surface area (Å²) in [6.07, 6.45) is 9.41. The van der Waals surface area contributed by atoms with Gasteiger partial charge in [-0.1, -0.05) is 5.16 Å². The number of rotatable bonds is 10. The highest BCUT2D eigenvalue weighted by molar-refractivity contribution is 5.95. The number of amides is 1. The number of anilines is 1. The normalized spacial score (nSPS) is 16.2. The quantitative estimate of drug-likeness (QED) is 0.372. The molecule has 2 aliphatic rings. The molecule has 1 aliphatic heterocycles. The van der Waals surface area contributed by atoms with Crippen LogP contribution in [0.3, 0.4) is 0 Å². The van der Waals surface area contributed by atoms with E-state index < -0.39 is 23.1 Å². The molecule has 3 aromatic rings. The van der Waals surface area contributed by atoms with Crippen molar-refractivity contribution in [2.75, 3.05) is 24.6 Å². The minimum absolute atomic E-state index is 0.0843. The Hall–Kier alpha value is -3.63. The van der Waals surface area contributed by atoms with Crippen molar-refractivity contribution < 1.29 is 22.8 Å². The standard InChI is InChI=1S/C27H32F2N6O3/c1-16(2)32-25(36)23-21(28)12-20(13-22(23)29)37-11-3-4-17-7-9-35(10-8-17)27-30-14-19(15-31-27)24-33-26(38-34-24)18-5-6-18/h12-18H,3-11H2,1-2H3,(H,32,36). The molecule has 1 aromatic carbocycles. The highest BCUT2D eigenvalue weighted by atomic mass is 19.1. The molecule has 5 rings (SSSR count). The molecular formula is C27H32F2N6O3. The lowest BCUT2D eigenvalue weighted by atomic mass is 9.92. The zero-order chi connectivity index (χ0) is 26.6. The minimum Gasteiger partial charge on any atom is -0.493 e. The summed E-state index contributed by atoms with van der Waals surface area (Å²) in [6.45, 7) is 5.51. The number of aromatic nitrogens is 4. The molecular weight excluding hydrogens is 494 g/mol. The second-order valence-electron chi connectivity index (χ2n) is 10.3. The molecule has 1 saturated carbocycles. The Labute approximate surface area is 220 Å². The van der Waals surface area contributed by atoms with Crippen LogP contribution in [-0.2, 0) is 0 Å². The van der Waals surface area contributed by atoms with Crippen LogP contribution in [0.25, 0.3) is 11.4 Å². The summed E-state index contributed by atoms with van der Waals surface area (Å²) in [5.41, 5.74) is 0.154. The van der Waals surface area contributed by atoms with Crippen molar-refractivity contribution >= 4 is 11.9 Å². The Morgan fingerprint density at radius 1 is 1.13 bits per heavy atom. The SMILES string of the molecule is CC(C)NC(=O)c1c(F)cc(OCCCC2CCN(c3ncc(-c4noc(C5CC5)n4)cn3)CC2)cc1F. The van der Waals surface area contributed by atoms with E-state index >= 15 is 0 Å². The van der Waals surface area contributed by atoms with Crippen LogP contribution in [0.5, 0.6) is 5.75 Å². The zero-order valence-corrected chi connectivity index (χ0v) is 21.6. The van der Waals surface area contributed by atoms with Crippen LogP contribution in [0.1, 0.15) is 74.5 Å². The molecule has 11 heteroatoms. The predicted molar refractivity (Wildman–Crippen MR) is 136 cm³/mol. The lowest BCUT2D eigenvalue weighted by Crippen LogP contribution is -2.34. The smallest absolute Gasteiger partial charge is 0.257 e. The summed E-state index contributed by atoms with van der Waals surface area (Å²) >= 11 is 0. The van der Waals surface area contributed by atoms with Gasteiger partial charge in [-0.2, -0.15) is 4.98 Å². The molecule has 2 aromatic heterocycles. The number of benzene rings is 1. The molecule has 3 heterocycles. The number of ether oxygens (including phenoxy) is 1. The van der Waals surface area contributed by atoms with Crippen LogP contribution >= 0.6 is 0 Å². The zero-order valence-electron chi connectivity index (χ0n) is 21.6. The fourth-order valence-corrected chi connectivity index (χ4v) is 4.62. The van der Waals surface area contributed by atoms with Crippen LogP contribution in [0.2, 0.25) is 0 Å². The van der Waals surface area contributed by atoms with E-state index in [2.05, 4.69) is 30.3 Å². The first-order chi connectivity index (χ1) is 18.4. The molecule has 0 spiro atoms. The molecule has 1 N–H and O–H groups in total. The average molecular weight is 527 g/mol. The second-order valence-corrected chi connectivity index (χ2v) is 10.3. The highest BCUT2D eigenvalue weighted by Gasteiger charge is 2.30. The van der Waals surface area contributed by atoms with E-state index in [1.54, 1.807) is 26.2 Å². The summed E-state index contributed by atoms with van der Waals surface area (Å²) in [4.78, 5) is 27.6. The largest absolute Gasteiger partial charge is 0.493 e. The number of hydrogen-bond donors (Lipinski definition) is 1. The maximum atomic E-state index is 14.3. The number of piperidine rings is 1. The average Bonchev–Trinajstić information content (AvgIpc) is 3.62. The number of nitrogens with one attached hydrogen (secondary N) is 1. The van der Waals surface area contributed by atoms with Crippen molar-refractivity contribution in [3.8, 4) is 17.1 Å². The number of carbonyl (C=O) groups excluding carboxylic acids is 1. The number of carbonyl (C=O) groups is 1. The molecule has 202 valence electrons. The van der Waals surface area contributed by atoms with E-state index in [4.69, 9.17) is 9.26 Å². The first-order valence-electron chi connectivity index (χ1n) is 13.2. The monoisotopic (exact) mass is 526 g/mol. The molecule has 38 heavy (non-hydrogen) atoms. The van der Waals surface area contributed by atoms with Crippen LogP contribution in [0.15, 0.2) is 29.0 Å². The van der Waals surface area contributed by atoms with Crippen molar-refractivity contribution in [2.24, 2.45) is 5.92 Å². The van der Waals surface area contributed by atoms with Crippen LogP contribution in [0, 0.1) is 17.6 Å². The first kappa shape index (κ1) is 26.0. The van der Waals surface area contributed by atoms with Crippen LogP contribution in [0.4, 0.5) is 14.7 Å². The Morgan fingerprint density at radius 2 is 1.82 bits per heavy atom. The fraction of sp³-hybridized carbons (Fsp3) is 0.519. The molecule has 1 saturated heterocycles. The third kappa shape index (κ3) is 6.25. The molecule has 0 atom stereocenters. The van der Waals surface area contributed by atoms with Crippen LogP contribution < -0.4 is 15.0 Å². The van der Waals surface area contributed by atoms with Gasteiger partial charge in [-0.15, -0.1) is 0 Å². The molecule has 0 radical (unpaired) electrons. The van der Waals surface area contributed by atoms with Gasteiger partial charge >= 0.3 is 0 Å². The summed E-state index contributed by atoms with van der Waals surface area (Å²) in [5.74, 6) is 0.302. The van der Waals surface area contributed by atoms with E-state index in [0.717, 1.165) is 69.3 Å². The van der Waals surface area contributed by atoms with Crippen molar-refractivity contribution in [1.82, 2.24) is 25.4 Å². The van der Waals surface area contributed by atoms with Crippen molar-refractivity contribution in [1.29, 1.82) is 0 Å². The van der Waals surface area contributed by atoms with Gasteiger partial charge in [-0.25, -0.2) is 18.7 Å². The predicted octanol–water partition coefficient (Wildman–Crippen LogP) is 4.90. The summed E-state index contributed by atoms with van der Waals surface area (Å²) in [6, 6.07) is 1.90. The number of halogens is 2. The van der Waals surface area contributed by atoms with E-state index in [-0.39, 0.29) is 11.8 Å². The Kier molecular flexibility index (Phi) is 7.80. The highest BCUT2D eigenvalue weighted by Crippen LogP contribution is 2.39. The molecule has 1 amide bonds. The van der Waals surface area contributed by atoms with Gasteiger partial charge in [0.2, 0.25) is 17.7 Å². The lowest BCUT2D eigenvalue weighted by molar-refractivity contribution is 0.0934. The maximum absolute atomic E-state index is 14.3. The lowest BCUT2D eigenvalue weighted by Gasteiger charge is -2.32. The van der Waals surface area contributed by atoms with E-state index in [0.29, 0.717) is 36.1 Å². The van der Waals surface area contributed by atoms with Gasteiger partial charge in [0, 0.05) is 49.6 Å². The van der Waals surface area contributed by atoms with Gasteiger partial charge in [0.1, 0.15) is 22.9 Å². The van der Waals surface area contributed by atoms with Gasteiger partial charge in [0.05, 0.1) is 12.2 Å². The Bertz CT molecular complexity index is 1230. The van der Waals surface area contributed by atoms with E-state index in [9.17, 15) is 13.6 Å². The van der Waals surface area contributed by atoms with Gasteiger partial charge in [0.15, 0.2) is 0 Å². The topological polar surface area (TPSA) is 106 Å². The first-order valence-corrected chi connectivity index (χ1v) is 13.2. The Balaban J connectivity index is 1.04. The maximum Gasteiger partial charge on any atom is 0.257 e. The molecule has 0 bridgehead atoms. The third-order valence-electron chi connectivity index (χ3n) is 6.85. The minimum atomic E-state index is -0.930. The van der Waals surface area contributed by atoms with Crippen LogP contribution in [-0.4, -0.2) is 51.8 Å². The summed E-state index contributed by atoms with van der Waals surface area (Å²) in [5, 5.41) is 6.54. The van der Waals surface area contributed by atoms with Crippen molar-refractivity contribution in [3.63, 3.8) is 0 Å².